The predicted octanol–water partition coefficient (Wildman–Crippen LogP) is 3.88. The summed E-state index contributed by atoms with van der Waals surface area (Å²) in [5.41, 5.74) is 12.6. The van der Waals surface area contributed by atoms with Gasteiger partial charge in [0.05, 0.1) is 25.9 Å². The van der Waals surface area contributed by atoms with E-state index in [-0.39, 0.29) is 0 Å². The van der Waals surface area contributed by atoms with Gasteiger partial charge in [-0.15, -0.1) is 0 Å². The first-order valence-electron chi connectivity index (χ1n) is 13.2. The van der Waals surface area contributed by atoms with Gasteiger partial charge >= 0.3 is 6.01 Å². The molecule has 1 fully saturated rings. The van der Waals surface area contributed by atoms with Crippen molar-refractivity contribution in [3.05, 3.63) is 47.5 Å². The minimum absolute atomic E-state index is 0.328. The lowest BCUT2D eigenvalue weighted by Gasteiger charge is -2.26. The number of ether oxygens (including phenoxy) is 1. The van der Waals surface area contributed by atoms with E-state index in [2.05, 4.69) is 59.0 Å². The summed E-state index contributed by atoms with van der Waals surface area (Å²) in [6.45, 7) is 5.08. The third-order valence-corrected chi connectivity index (χ3v) is 7.45. The summed E-state index contributed by atoms with van der Waals surface area (Å²) >= 11 is 0. The topological polar surface area (TPSA) is 109 Å². The van der Waals surface area contributed by atoms with Crippen LogP contribution in [-0.2, 0) is 19.5 Å². The lowest BCUT2D eigenvalue weighted by molar-refractivity contribution is 0.283. The van der Waals surface area contributed by atoms with Gasteiger partial charge in [-0.05, 0) is 62.1 Å². The number of fused-ring (bicyclic) bond motifs is 3. The van der Waals surface area contributed by atoms with Crippen molar-refractivity contribution in [1.82, 2.24) is 34.6 Å². The smallest absolute Gasteiger partial charge is 0.320 e. The third kappa shape index (κ3) is 4.67. The summed E-state index contributed by atoms with van der Waals surface area (Å²) in [5.74, 6) is 1.22. The quantitative estimate of drug-likeness (QED) is 0.441. The van der Waals surface area contributed by atoms with Crippen LogP contribution in [0.15, 0.2) is 30.6 Å². The maximum Gasteiger partial charge on any atom is 0.320 e. The summed E-state index contributed by atoms with van der Waals surface area (Å²) in [6, 6.07) is 7.82. The Kier molecular flexibility index (Phi) is 6.31. The van der Waals surface area contributed by atoms with E-state index in [1.54, 1.807) is 0 Å². The van der Waals surface area contributed by atoms with Crippen LogP contribution >= 0.6 is 0 Å². The number of anilines is 1. The molecule has 1 aliphatic carbocycles. The highest BCUT2D eigenvalue weighted by molar-refractivity contribution is 5.82. The number of imidazole rings is 1. The summed E-state index contributed by atoms with van der Waals surface area (Å²) < 4.78 is 10.0. The summed E-state index contributed by atoms with van der Waals surface area (Å²) in [6.07, 6.45) is 12.3. The molecule has 0 amide bonds. The van der Waals surface area contributed by atoms with E-state index in [0.29, 0.717) is 36.5 Å². The molecule has 4 bridgehead atoms. The molecule has 0 radical (unpaired) electrons. The molecule has 4 heterocycles. The SMILES string of the molecule is Cc1nc2c(N)nc3nc2n1Cc1ccc(-c2cnn(CCNC4CCC4)c2)c(c1)CCCCCO3. The van der Waals surface area contributed by atoms with Crippen molar-refractivity contribution in [3.63, 3.8) is 0 Å². The molecule has 9 nitrogen and oxygen atoms in total. The number of nitrogen functional groups attached to an aromatic ring is 1. The van der Waals surface area contributed by atoms with Crippen molar-refractivity contribution in [2.24, 2.45) is 0 Å². The van der Waals surface area contributed by atoms with Gasteiger partial charge in [-0.2, -0.15) is 15.1 Å². The number of hydrogen-bond acceptors (Lipinski definition) is 7. The van der Waals surface area contributed by atoms with Crippen LogP contribution in [0.5, 0.6) is 6.01 Å². The standard InChI is InChI=1S/C27H34N8O/c1-18-31-24-25(28)32-27-33-26(24)35(18)16-19-9-10-23(20(14-19)6-3-2-4-13-36-27)21-15-30-34(17-21)12-11-29-22-7-5-8-22/h9-10,14-15,17,22,29H,2-8,11-13,16H2,1H3,(H2,28,32,33). The fourth-order valence-corrected chi connectivity index (χ4v) is 5.16. The van der Waals surface area contributed by atoms with E-state index < -0.39 is 0 Å². The van der Waals surface area contributed by atoms with Crippen molar-refractivity contribution in [2.75, 3.05) is 18.9 Å². The summed E-state index contributed by atoms with van der Waals surface area (Å²) in [4.78, 5) is 13.6. The van der Waals surface area contributed by atoms with Gasteiger partial charge in [-0.3, -0.25) is 4.68 Å². The molecule has 1 saturated carbocycles. The molecule has 36 heavy (non-hydrogen) atoms. The molecule has 9 heteroatoms. The van der Waals surface area contributed by atoms with Gasteiger partial charge in [-0.25, -0.2) is 4.98 Å². The highest BCUT2D eigenvalue weighted by atomic mass is 16.5. The van der Waals surface area contributed by atoms with Gasteiger partial charge in [0, 0.05) is 24.3 Å². The zero-order valence-electron chi connectivity index (χ0n) is 20.9. The molecular weight excluding hydrogens is 452 g/mol. The molecule has 0 unspecified atom stereocenters. The molecule has 3 aromatic heterocycles. The molecule has 1 aliphatic heterocycles. The highest BCUT2D eigenvalue weighted by Gasteiger charge is 2.18. The third-order valence-electron chi connectivity index (χ3n) is 7.45. The molecule has 0 spiro atoms. The molecular formula is C27H34N8O. The van der Waals surface area contributed by atoms with Gasteiger partial charge < -0.3 is 20.4 Å². The Morgan fingerprint density at radius 1 is 1.11 bits per heavy atom. The van der Waals surface area contributed by atoms with Gasteiger partial charge in [0.2, 0.25) is 0 Å². The van der Waals surface area contributed by atoms with Crippen molar-refractivity contribution < 1.29 is 4.74 Å². The molecule has 2 aliphatic rings. The number of aromatic nitrogens is 6. The van der Waals surface area contributed by atoms with Gasteiger partial charge in [0.25, 0.3) is 0 Å². The Morgan fingerprint density at radius 2 is 2.03 bits per heavy atom. The molecule has 4 aromatic rings. The van der Waals surface area contributed by atoms with Crippen molar-refractivity contribution >= 4 is 17.0 Å². The molecule has 3 N–H and O–H groups in total. The second kappa shape index (κ2) is 9.89. The first kappa shape index (κ1) is 23.0. The fourth-order valence-electron chi connectivity index (χ4n) is 5.16. The van der Waals surface area contributed by atoms with Crippen LogP contribution in [0.25, 0.3) is 22.3 Å². The maximum atomic E-state index is 6.19. The van der Waals surface area contributed by atoms with Crippen LogP contribution in [0.3, 0.4) is 0 Å². The van der Waals surface area contributed by atoms with Crippen LogP contribution < -0.4 is 15.8 Å². The highest BCUT2D eigenvalue weighted by Crippen LogP contribution is 2.28. The first-order valence-corrected chi connectivity index (χ1v) is 13.2. The average molecular weight is 487 g/mol. The minimum atomic E-state index is 0.328. The number of rotatable bonds is 5. The van der Waals surface area contributed by atoms with E-state index >= 15 is 0 Å². The molecule has 0 saturated heterocycles. The van der Waals surface area contributed by atoms with E-state index in [1.165, 1.54) is 41.5 Å². The van der Waals surface area contributed by atoms with Crippen LogP contribution in [0.1, 0.15) is 55.5 Å². The lowest BCUT2D eigenvalue weighted by atomic mass is 9.93. The summed E-state index contributed by atoms with van der Waals surface area (Å²) in [5, 5.41) is 8.28. The number of benzene rings is 1. The van der Waals surface area contributed by atoms with Crippen molar-refractivity contribution in [3.8, 4) is 17.1 Å². The normalized spacial score (nSPS) is 16.6. The molecule has 1 aromatic carbocycles. The van der Waals surface area contributed by atoms with Gasteiger partial charge in [0.1, 0.15) is 5.82 Å². The number of aryl methyl sites for hydroxylation is 2. The van der Waals surface area contributed by atoms with Gasteiger partial charge in [-0.1, -0.05) is 24.6 Å². The second-order valence-electron chi connectivity index (χ2n) is 10.0. The Bertz CT molecular complexity index is 1370. The summed E-state index contributed by atoms with van der Waals surface area (Å²) in [7, 11) is 0. The second-order valence-corrected chi connectivity index (χ2v) is 10.0. The van der Waals surface area contributed by atoms with Crippen molar-refractivity contribution in [2.45, 2.75) is 71.0 Å². The molecule has 6 rings (SSSR count). The zero-order valence-corrected chi connectivity index (χ0v) is 20.9. The van der Waals surface area contributed by atoms with Crippen LogP contribution in [0, 0.1) is 6.92 Å². The monoisotopic (exact) mass is 486 g/mol. The number of nitrogens with zero attached hydrogens (tertiary/aromatic N) is 6. The zero-order chi connectivity index (χ0) is 24.5. The first-order chi connectivity index (χ1) is 17.6. The van der Waals surface area contributed by atoms with Crippen LogP contribution in [-0.4, -0.2) is 48.5 Å². The Morgan fingerprint density at radius 3 is 2.89 bits per heavy atom. The fraction of sp³-hybridized carbons (Fsp3) is 0.481. The average Bonchev–Trinajstić information content (AvgIpc) is 3.43. The molecule has 0 atom stereocenters. The van der Waals surface area contributed by atoms with E-state index in [0.717, 1.165) is 50.2 Å². The largest absolute Gasteiger partial charge is 0.463 e. The maximum absolute atomic E-state index is 6.19. The Balaban J connectivity index is 1.29. The van der Waals surface area contributed by atoms with E-state index in [9.17, 15) is 0 Å². The lowest BCUT2D eigenvalue weighted by Crippen LogP contribution is -2.37. The van der Waals surface area contributed by atoms with Crippen LogP contribution in [0.4, 0.5) is 5.82 Å². The predicted molar refractivity (Wildman–Crippen MR) is 140 cm³/mol. The van der Waals surface area contributed by atoms with E-state index in [4.69, 9.17) is 10.5 Å². The number of nitrogens with one attached hydrogen (secondary N) is 1. The minimum Gasteiger partial charge on any atom is -0.463 e. The Hall–Kier alpha value is -3.46. The Labute approximate surface area is 211 Å². The number of nitrogens with two attached hydrogens (primary N) is 1. The van der Waals surface area contributed by atoms with E-state index in [1.807, 2.05) is 13.1 Å². The number of hydrogen-bond donors (Lipinski definition) is 2. The molecule has 188 valence electrons. The van der Waals surface area contributed by atoms with Gasteiger partial charge in [0.15, 0.2) is 17.0 Å². The van der Waals surface area contributed by atoms with Crippen LogP contribution in [0.2, 0.25) is 0 Å². The van der Waals surface area contributed by atoms with Crippen molar-refractivity contribution in [1.29, 1.82) is 0 Å².